The van der Waals surface area contributed by atoms with Crippen molar-refractivity contribution >= 4 is 5.69 Å². The zero-order chi connectivity index (χ0) is 14.9. The number of ether oxygens (including phenoxy) is 1. The molecule has 1 aromatic rings. The Kier molecular flexibility index (Phi) is 4.00. The predicted molar refractivity (Wildman–Crippen MR) is 75.2 cm³/mol. The molecular formula is C16H20F3NO. The maximum atomic E-state index is 12.1. The van der Waals surface area contributed by atoms with E-state index in [4.69, 9.17) is 0 Å². The third-order valence-corrected chi connectivity index (χ3v) is 4.46. The Balaban J connectivity index is 1.54. The van der Waals surface area contributed by atoms with Crippen LogP contribution in [0.2, 0.25) is 0 Å². The molecule has 2 unspecified atom stereocenters. The Labute approximate surface area is 122 Å². The molecule has 5 heteroatoms. The molecule has 0 bridgehead atoms. The van der Waals surface area contributed by atoms with E-state index in [1.54, 1.807) is 12.1 Å². The van der Waals surface area contributed by atoms with Crippen molar-refractivity contribution in [3.05, 3.63) is 24.3 Å². The number of hydrogen-bond acceptors (Lipinski definition) is 2. The first-order chi connectivity index (χ1) is 9.99. The van der Waals surface area contributed by atoms with Crippen molar-refractivity contribution in [3.8, 4) is 5.75 Å². The summed E-state index contributed by atoms with van der Waals surface area (Å²) in [6.45, 7) is 0. The summed E-state index contributed by atoms with van der Waals surface area (Å²) < 4.78 is 40.2. The summed E-state index contributed by atoms with van der Waals surface area (Å²) in [5.74, 6) is 1.59. The molecule has 2 saturated carbocycles. The minimum atomic E-state index is -4.63. The second kappa shape index (κ2) is 5.78. The molecule has 0 heterocycles. The number of hydrogen-bond donors (Lipinski definition) is 1. The molecule has 0 spiro atoms. The quantitative estimate of drug-likeness (QED) is 0.848. The lowest BCUT2D eigenvalue weighted by Crippen LogP contribution is -2.28. The highest BCUT2D eigenvalue weighted by Crippen LogP contribution is 2.44. The molecule has 0 aromatic heterocycles. The monoisotopic (exact) mass is 299 g/mol. The lowest BCUT2D eigenvalue weighted by atomic mass is 9.82. The summed E-state index contributed by atoms with van der Waals surface area (Å²) in [5, 5.41) is 3.45. The molecule has 2 atom stereocenters. The number of rotatable bonds is 4. The molecule has 2 fully saturated rings. The number of nitrogens with one attached hydrogen (secondary N) is 1. The van der Waals surface area contributed by atoms with Gasteiger partial charge in [-0.1, -0.05) is 12.8 Å². The van der Waals surface area contributed by atoms with Crippen molar-refractivity contribution < 1.29 is 17.9 Å². The van der Waals surface area contributed by atoms with Crippen molar-refractivity contribution in [3.63, 3.8) is 0 Å². The average molecular weight is 299 g/mol. The van der Waals surface area contributed by atoms with Gasteiger partial charge in [-0.3, -0.25) is 0 Å². The smallest absolute Gasteiger partial charge is 0.406 e. The first-order valence-corrected chi connectivity index (χ1v) is 7.62. The van der Waals surface area contributed by atoms with Crippen LogP contribution in [-0.2, 0) is 0 Å². The van der Waals surface area contributed by atoms with E-state index in [2.05, 4.69) is 10.1 Å². The molecule has 21 heavy (non-hydrogen) atoms. The van der Waals surface area contributed by atoms with E-state index in [-0.39, 0.29) is 5.75 Å². The van der Waals surface area contributed by atoms with Gasteiger partial charge in [0.15, 0.2) is 0 Å². The van der Waals surface area contributed by atoms with Crippen molar-refractivity contribution in [2.24, 2.45) is 11.8 Å². The van der Waals surface area contributed by atoms with Crippen LogP contribution in [0.3, 0.4) is 0 Å². The van der Waals surface area contributed by atoms with Crippen LogP contribution in [0.15, 0.2) is 24.3 Å². The van der Waals surface area contributed by atoms with Crippen LogP contribution >= 0.6 is 0 Å². The van der Waals surface area contributed by atoms with Gasteiger partial charge in [0.25, 0.3) is 0 Å². The summed E-state index contributed by atoms with van der Waals surface area (Å²) in [6.07, 6.45) is 3.03. The van der Waals surface area contributed by atoms with Crippen LogP contribution in [0.25, 0.3) is 0 Å². The molecule has 1 aromatic carbocycles. The van der Waals surface area contributed by atoms with Crippen molar-refractivity contribution in [1.82, 2.24) is 0 Å². The number of alkyl halides is 3. The van der Waals surface area contributed by atoms with E-state index in [0.717, 1.165) is 23.9 Å². The Bertz CT molecular complexity index is 467. The topological polar surface area (TPSA) is 21.3 Å². The minimum Gasteiger partial charge on any atom is -0.406 e. The second-order valence-corrected chi connectivity index (χ2v) is 6.18. The van der Waals surface area contributed by atoms with Gasteiger partial charge in [0.2, 0.25) is 0 Å². The van der Waals surface area contributed by atoms with Crippen LogP contribution in [-0.4, -0.2) is 12.4 Å². The fraction of sp³-hybridized carbons (Fsp3) is 0.625. The maximum Gasteiger partial charge on any atom is 0.573 e. The van der Waals surface area contributed by atoms with Gasteiger partial charge in [-0.2, -0.15) is 0 Å². The number of halogens is 3. The van der Waals surface area contributed by atoms with Gasteiger partial charge < -0.3 is 10.1 Å². The van der Waals surface area contributed by atoms with Crippen molar-refractivity contribution in [1.29, 1.82) is 0 Å². The Morgan fingerprint density at radius 2 is 1.67 bits per heavy atom. The SMILES string of the molecule is FC(F)(F)Oc1ccc(NC2CCCC(C3CC3)C2)cc1. The Morgan fingerprint density at radius 1 is 0.952 bits per heavy atom. The van der Waals surface area contributed by atoms with Crippen LogP contribution in [0.1, 0.15) is 38.5 Å². The molecule has 2 aliphatic carbocycles. The minimum absolute atomic E-state index is 0.174. The molecule has 2 nitrogen and oxygen atoms in total. The molecule has 0 radical (unpaired) electrons. The van der Waals surface area contributed by atoms with E-state index in [1.165, 1.54) is 44.2 Å². The highest BCUT2D eigenvalue weighted by atomic mass is 19.4. The average Bonchev–Trinajstić information content (AvgIpc) is 3.24. The Morgan fingerprint density at radius 3 is 2.29 bits per heavy atom. The normalized spacial score (nSPS) is 26.4. The van der Waals surface area contributed by atoms with Gasteiger partial charge in [-0.15, -0.1) is 13.2 Å². The second-order valence-electron chi connectivity index (χ2n) is 6.18. The van der Waals surface area contributed by atoms with Gasteiger partial charge in [-0.25, -0.2) is 0 Å². The lowest BCUT2D eigenvalue weighted by molar-refractivity contribution is -0.274. The molecule has 116 valence electrons. The zero-order valence-corrected chi connectivity index (χ0v) is 11.8. The Hall–Kier alpha value is -1.39. The van der Waals surface area contributed by atoms with Crippen molar-refractivity contribution in [2.75, 3.05) is 5.32 Å². The molecule has 0 amide bonds. The van der Waals surface area contributed by atoms with Gasteiger partial charge >= 0.3 is 6.36 Å². The molecule has 3 rings (SSSR count). The third-order valence-electron chi connectivity index (χ3n) is 4.46. The fourth-order valence-corrected chi connectivity index (χ4v) is 3.34. The fourth-order valence-electron chi connectivity index (χ4n) is 3.34. The maximum absolute atomic E-state index is 12.1. The van der Waals surface area contributed by atoms with Gasteiger partial charge in [0, 0.05) is 11.7 Å². The summed E-state index contributed by atoms with van der Waals surface area (Å²) in [6, 6.07) is 6.47. The summed E-state index contributed by atoms with van der Waals surface area (Å²) >= 11 is 0. The van der Waals surface area contributed by atoms with E-state index in [0.29, 0.717) is 6.04 Å². The van der Waals surface area contributed by atoms with Gasteiger partial charge in [0.05, 0.1) is 0 Å². The lowest BCUT2D eigenvalue weighted by Gasteiger charge is -2.30. The van der Waals surface area contributed by atoms with E-state index >= 15 is 0 Å². The molecule has 0 saturated heterocycles. The predicted octanol–water partition coefficient (Wildman–Crippen LogP) is 4.97. The largest absolute Gasteiger partial charge is 0.573 e. The van der Waals surface area contributed by atoms with Crippen LogP contribution in [0.5, 0.6) is 5.75 Å². The van der Waals surface area contributed by atoms with Crippen LogP contribution in [0, 0.1) is 11.8 Å². The first kappa shape index (κ1) is 14.5. The molecule has 2 aliphatic rings. The standard InChI is InChI=1S/C16H20F3NO/c17-16(18,19)21-15-8-6-13(7-9-15)20-14-3-1-2-12(10-14)11-4-5-11/h6-9,11-12,14,20H,1-5,10H2. The van der Waals surface area contributed by atoms with E-state index < -0.39 is 6.36 Å². The van der Waals surface area contributed by atoms with Crippen LogP contribution in [0.4, 0.5) is 18.9 Å². The van der Waals surface area contributed by atoms with Crippen molar-refractivity contribution in [2.45, 2.75) is 50.9 Å². The number of anilines is 1. The molecular weight excluding hydrogens is 279 g/mol. The van der Waals surface area contributed by atoms with E-state index in [1.807, 2.05) is 0 Å². The number of benzene rings is 1. The highest BCUT2D eigenvalue weighted by molar-refractivity contribution is 5.47. The molecule has 1 N–H and O–H groups in total. The summed E-state index contributed by atoms with van der Waals surface area (Å²) in [5.41, 5.74) is 0.867. The summed E-state index contributed by atoms with van der Waals surface area (Å²) in [4.78, 5) is 0. The third kappa shape index (κ3) is 4.29. The van der Waals surface area contributed by atoms with Gasteiger partial charge in [-0.05, 0) is 61.8 Å². The first-order valence-electron chi connectivity index (χ1n) is 7.62. The summed E-state index contributed by atoms with van der Waals surface area (Å²) in [7, 11) is 0. The van der Waals surface area contributed by atoms with E-state index in [9.17, 15) is 13.2 Å². The van der Waals surface area contributed by atoms with Crippen LogP contribution < -0.4 is 10.1 Å². The van der Waals surface area contributed by atoms with Gasteiger partial charge in [0.1, 0.15) is 5.75 Å². The zero-order valence-electron chi connectivity index (χ0n) is 11.8. The highest BCUT2D eigenvalue weighted by Gasteiger charge is 2.34. The molecule has 0 aliphatic heterocycles.